The molecule has 0 bridgehead atoms. The SMILES string of the molecule is Cc1ccccc1N(c1ccccc1)c1ccc2cc3c(cc2c1)C1(c2ccccc2-c2ccccc21)c1cc2cc(N(c4ccccc4)c4ccccc4[Si](C)(C)C)ccc2cc1-3. The zero-order valence-electron chi connectivity index (χ0n) is 36.7. The summed E-state index contributed by atoms with van der Waals surface area (Å²) in [7, 11) is -1.71. The molecule has 0 unspecified atom stereocenters. The maximum Gasteiger partial charge on any atom is 0.0803 e. The summed E-state index contributed by atoms with van der Waals surface area (Å²) in [4.78, 5) is 4.88. The Morgan fingerprint density at radius 2 is 0.766 bits per heavy atom. The highest BCUT2D eigenvalue weighted by atomic mass is 28.3. The molecular formula is C61H48N2Si. The number of hydrogen-bond donors (Lipinski definition) is 0. The predicted octanol–water partition coefficient (Wildman–Crippen LogP) is 16.1. The van der Waals surface area contributed by atoms with Crippen LogP contribution in [0.25, 0.3) is 43.8 Å². The van der Waals surface area contributed by atoms with Crippen molar-refractivity contribution in [1.29, 1.82) is 0 Å². The molecule has 0 radical (unpaired) electrons. The fourth-order valence-electron chi connectivity index (χ4n) is 11.0. The first-order valence-corrected chi connectivity index (χ1v) is 26.0. The van der Waals surface area contributed by atoms with Gasteiger partial charge in [-0.2, -0.15) is 0 Å². The van der Waals surface area contributed by atoms with Crippen molar-refractivity contribution in [3.63, 3.8) is 0 Å². The van der Waals surface area contributed by atoms with Crippen molar-refractivity contribution < 1.29 is 0 Å². The van der Waals surface area contributed by atoms with Crippen LogP contribution in [0.1, 0.15) is 27.8 Å². The van der Waals surface area contributed by atoms with E-state index in [1.165, 1.54) is 88.2 Å². The summed E-state index contributed by atoms with van der Waals surface area (Å²) in [5.74, 6) is 0. The number of rotatable bonds is 7. The van der Waals surface area contributed by atoms with Gasteiger partial charge in [-0.3, -0.25) is 0 Å². The molecule has 2 nitrogen and oxygen atoms in total. The molecule has 0 aromatic heterocycles. The molecule has 3 heteroatoms. The molecule has 0 aliphatic heterocycles. The number of fused-ring (bicyclic) bond motifs is 12. The first-order valence-electron chi connectivity index (χ1n) is 22.5. The van der Waals surface area contributed by atoms with Crippen molar-refractivity contribution in [2.24, 2.45) is 0 Å². The van der Waals surface area contributed by atoms with Gasteiger partial charge in [0.15, 0.2) is 0 Å². The Morgan fingerprint density at radius 1 is 0.328 bits per heavy atom. The molecule has 64 heavy (non-hydrogen) atoms. The van der Waals surface area contributed by atoms with E-state index in [9.17, 15) is 0 Å². The molecule has 0 N–H and O–H groups in total. The lowest BCUT2D eigenvalue weighted by molar-refractivity contribution is 0.796. The van der Waals surface area contributed by atoms with Crippen molar-refractivity contribution in [3.8, 4) is 22.3 Å². The van der Waals surface area contributed by atoms with E-state index in [1.807, 2.05) is 0 Å². The first kappa shape index (κ1) is 38.2. The summed E-state index contributed by atoms with van der Waals surface area (Å²) < 4.78 is 0. The molecule has 0 saturated carbocycles. The van der Waals surface area contributed by atoms with Gasteiger partial charge in [0.05, 0.1) is 13.5 Å². The van der Waals surface area contributed by atoms with E-state index in [0.29, 0.717) is 0 Å². The van der Waals surface area contributed by atoms with Crippen molar-refractivity contribution in [2.75, 3.05) is 9.80 Å². The number of para-hydroxylation sites is 4. The molecular weight excluding hydrogens is 789 g/mol. The molecule has 2 aliphatic rings. The lowest BCUT2D eigenvalue weighted by Gasteiger charge is -2.32. The molecule has 12 rings (SSSR count). The van der Waals surface area contributed by atoms with Gasteiger partial charge < -0.3 is 9.80 Å². The summed E-state index contributed by atoms with van der Waals surface area (Å²) in [6, 6.07) is 81.8. The number of aryl methyl sites for hydroxylation is 1. The second-order valence-corrected chi connectivity index (χ2v) is 23.6. The highest BCUT2D eigenvalue weighted by Crippen LogP contribution is 2.64. The third-order valence-electron chi connectivity index (χ3n) is 13.8. The number of nitrogens with zero attached hydrogens (tertiary/aromatic N) is 2. The average molecular weight is 837 g/mol. The molecule has 1 spiro atoms. The maximum absolute atomic E-state index is 2.53. The fraction of sp³-hybridized carbons (Fsp3) is 0.0820. The summed E-state index contributed by atoms with van der Waals surface area (Å²) in [5, 5.41) is 6.38. The van der Waals surface area contributed by atoms with Crippen LogP contribution in [-0.2, 0) is 5.41 Å². The highest BCUT2D eigenvalue weighted by molar-refractivity contribution is 6.89. The van der Waals surface area contributed by atoms with Gasteiger partial charge in [0.2, 0.25) is 0 Å². The zero-order valence-corrected chi connectivity index (χ0v) is 37.7. The Bertz CT molecular complexity index is 3410. The van der Waals surface area contributed by atoms with Crippen LogP contribution in [0.2, 0.25) is 19.6 Å². The van der Waals surface area contributed by atoms with Gasteiger partial charge >= 0.3 is 0 Å². The number of benzene rings is 10. The fourth-order valence-corrected chi connectivity index (χ4v) is 12.6. The van der Waals surface area contributed by atoms with Crippen LogP contribution in [0.5, 0.6) is 0 Å². The normalized spacial score (nSPS) is 13.1. The van der Waals surface area contributed by atoms with Crippen molar-refractivity contribution in [3.05, 3.63) is 246 Å². The van der Waals surface area contributed by atoms with E-state index in [1.54, 1.807) is 0 Å². The van der Waals surface area contributed by atoms with E-state index in [-0.39, 0.29) is 0 Å². The molecule has 0 atom stereocenters. The molecule has 0 saturated heterocycles. The Hall–Kier alpha value is -7.46. The second-order valence-electron chi connectivity index (χ2n) is 18.6. The van der Waals surface area contributed by atoms with Crippen molar-refractivity contribution in [2.45, 2.75) is 32.0 Å². The minimum absolute atomic E-state index is 0.495. The van der Waals surface area contributed by atoms with E-state index in [4.69, 9.17) is 0 Å². The Labute approximate surface area is 377 Å². The lowest BCUT2D eigenvalue weighted by atomic mass is 9.70. The maximum atomic E-state index is 2.53. The summed E-state index contributed by atoms with van der Waals surface area (Å²) in [6.45, 7) is 9.54. The van der Waals surface area contributed by atoms with Gasteiger partial charge in [0.25, 0.3) is 0 Å². The zero-order chi connectivity index (χ0) is 43.2. The predicted molar refractivity (Wildman–Crippen MR) is 275 cm³/mol. The monoisotopic (exact) mass is 836 g/mol. The largest absolute Gasteiger partial charge is 0.311 e. The Kier molecular flexibility index (Phi) is 8.69. The van der Waals surface area contributed by atoms with E-state index in [0.717, 1.165) is 22.7 Å². The number of anilines is 6. The average Bonchev–Trinajstić information content (AvgIpc) is 3.77. The van der Waals surface area contributed by atoms with E-state index >= 15 is 0 Å². The Balaban J connectivity index is 1.10. The minimum Gasteiger partial charge on any atom is -0.311 e. The van der Waals surface area contributed by atoms with Crippen LogP contribution < -0.4 is 15.0 Å². The second kappa shape index (κ2) is 14.6. The topological polar surface area (TPSA) is 6.48 Å². The van der Waals surface area contributed by atoms with Crippen LogP contribution in [0.3, 0.4) is 0 Å². The third kappa shape index (κ3) is 5.77. The molecule has 10 aromatic carbocycles. The van der Waals surface area contributed by atoms with Gasteiger partial charge in [0.1, 0.15) is 0 Å². The molecule has 0 heterocycles. The minimum atomic E-state index is -1.71. The molecule has 2 aliphatic carbocycles. The first-order chi connectivity index (χ1) is 31.3. The van der Waals surface area contributed by atoms with Crippen LogP contribution in [0, 0.1) is 6.92 Å². The molecule has 10 aromatic rings. The van der Waals surface area contributed by atoms with E-state index < -0.39 is 13.5 Å². The summed E-state index contributed by atoms with van der Waals surface area (Å²) >= 11 is 0. The summed E-state index contributed by atoms with van der Waals surface area (Å²) in [5.41, 5.74) is 18.4. The third-order valence-corrected chi connectivity index (χ3v) is 15.9. The van der Waals surface area contributed by atoms with Gasteiger partial charge in [-0.1, -0.05) is 153 Å². The van der Waals surface area contributed by atoms with Gasteiger partial charge in [-0.25, -0.2) is 0 Å². The van der Waals surface area contributed by atoms with Gasteiger partial charge in [-0.05, 0) is 169 Å². The molecule has 0 amide bonds. The standard InChI is InChI=1S/C61H48N2Si/c1-41-19-11-16-28-58(41)62(46-20-7-5-8-21-46)48-33-31-42-37-52-53-38-43-32-34-49(63(47-22-9-6-10-23-47)59-29-17-18-30-60(59)64(2,3)4)36-45(43)40-57(53)61(56(52)39-44(42)35-48)54-26-14-12-24-50(54)51-25-13-15-27-55(51)61/h5-40H,1-4H3. The number of hydrogen-bond acceptors (Lipinski definition) is 2. The quantitative estimate of drug-likeness (QED) is 0.148. The summed E-state index contributed by atoms with van der Waals surface area (Å²) in [6.07, 6.45) is 0. The van der Waals surface area contributed by atoms with Crippen LogP contribution in [0.15, 0.2) is 218 Å². The molecule has 0 fully saturated rings. The van der Waals surface area contributed by atoms with Crippen LogP contribution in [0.4, 0.5) is 34.1 Å². The van der Waals surface area contributed by atoms with Crippen LogP contribution in [-0.4, -0.2) is 8.07 Å². The van der Waals surface area contributed by atoms with E-state index in [2.05, 4.69) is 255 Å². The molecule has 306 valence electrons. The highest BCUT2D eigenvalue weighted by Gasteiger charge is 2.51. The smallest absolute Gasteiger partial charge is 0.0803 e. The van der Waals surface area contributed by atoms with Crippen molar-refractivity contribution >= 4 is 68.9 Å². The Morgan fingerprint density at radius 3 is 1.28 bits per heavy atom. The van der Waals surface area contributed by atoms with Gasteiger partial charge in [-0.15, -0.1) is 0 Å². The lowest BCUT2D eigenvalue weighted by Crippen LogP contribution is -2.40. The van der Waals surface area contributed by atoms with Gasteiger partial charge in [0, 0.05) is 34.1 Å². The van der Waals surface area contributed by atoms with Crippen molar-refractivity contribution in [1.82, 2.24) is 0 Å². The van der Waals surface area contributed by atoms with Crippen LogP contribution >= 0.6 is 0 Å².